The average Bonchev–Trinajstić information content (AvgIpc) is 2.97. The van der Waals surface area contributed by atoms with Crippen molar-refractivity contribution in [2.75, 3.05) is 34.6 Å². The number of nitrogens with one attached hydrogen (secondary N) is 2. The van der Waals surface area contributed by atoms with E-state index in [1.54, 1.807) is 54.6 Å². The van der Waals surface area contributed by atoms with Crippen molar-refractivity contribution < 1.29 is 31.1 Å². The highest BCUT2D eigenvalue weighted by Crippen LogP contribution is 2.29. The fraction of sp³-hybridized carbons (Fsp3) is 0.194. The highest BCUT2D eigenvalue weighted by molar-refractivity contribution is 7.93. The van der Waals surface area contributed by atoms with Crippen molar-refractivity contribution >= 4 is 43.0 Å². The molecular formula is C31H33N3O7S2. The minimum absolute atomic E-state index is 0.00312. The third-order valence-electron chi connectivity index (χ3n) is 6.38. The number of ether oxygens (including phenoxy) is 2. The number of hydrogen-bond donors (Lipinski definition) is 2. The Hall–Kier alpha value is -4.55. The number of rotatable bonds is 12. The van der Waals surface area contributed by atoms with Gasteiger partial charge in [0.25, 0.3) is 20.0 Å². The van der Waals surface area contributed by atoms with Crippen LogP contribution in [0.4, 0.5) is 17.1 Å². The van der Waals surface area contributed by atoms with Gasteiger partial charge in [-0.25, -0.2) is 16.8 Å². The number of methoxy groups -OCH3 is 1. The largest absolute Gasteiger partial charge is 0.495 e. The second kappa shape index (κ2) is 13.2. The third-order valence-corrected chi connectivity index (χ3v) is 9.55. The van der Waals surface area contributed by atoms with Crippen molar-refractivity contribution in [1.82, 2.24) is 0 Å². The monoisotopic (exact) mass is 623 g/mol. The summed E-state index contributed by atoms with van der Waals surface area (Å²) in [5.74, 6) is 0.282. The van der Waals surface area contributed by atoms with Crippen LogP contribution in [0, 0.1) is 13.8 Å². The van der Waals surface area contributed by atoms with E-state index in [-0.39, 0.29) is 9.79 Å². The van der Waals surface area contributed by atoms with E-state index in [1.165, 1.54) is 43.5 Å². The number of carbonyl (C=O) groups excluding carboxylic acids is 1. The molecule has 0 saturated heterocycles. The van der Waals surface area contributed by atoms with Gasteiger partial charge in [0.15, 0.2) is 0 Å². The van der Waals surface area contributed by atoms with Gasteiger partial charge in [0.2, 0.25) is 5.91 Å². The van der Waals surface area contributed by atoms with Gasteiger partial charge in [-0.2, -0.15) is 0 Å². The van der Waals surface area contributed by atoms with Gasteiger partial charge in [-0.15, -0.1) is 0 Å². The lowest BCUT2D eigenvalue weighted by Gasteiger charge is -2.24. The lowest BCUT2D eigenvalue weighted by Crippen LogP contribution is -2.38. The summed E-state index contributed by atoms with van der Waals surface area (Å²) in [6, 6.07) is 23.4. The first kappa shape index (κ1) is 31.4. The Morgan fingerprint density at radius 2 is 1.40 bits per heavy atom. The summed E-state index contributed by atoms with van der Waals surface area (Å²) >= 11 is 0. The number of carbonyl (C=O) groups is 1. The first-order valence-electron chi connectivity index (χ1n) is 13.3. The molecule has 43 heavy (non-hydrogen) atoms. The van der Waals surface area contributed by atoms with E-state index in [0.717, 1.165) is 15.4 Å². The first-order valence-corrected chi connectivity index (χ1v) is 16.2. The number of benzene rings is 4. The highest BCUT2D eigenvalue weighted by Gasteiger charge is 2.27. The molecule has 0 atom stereocenters. The van der Waals surface area contributed by atoms with Crippen molar-refractivity contribution in [3.63, 3.8) is 0 Å². The molecule has 0 aliphatic heterocycles. The molecule has 0 spiro atoms. The zero-order valence-electron chi connectivity index (χ0n) is 24.2. The summed E-state index contributed by atoms with van der Waals surface area (Å²) in [6.07, 6.45) is 0. The van der Waals surface area contributed by atoms with E-state index in [4.69, 9.17) is 9.47 Å². The molecule has 0 radical (unpaired) electrons. The van der Waals surface area contributed by atoms with E-state index in [9.17, 15) is 21.6 Å². The number of hydrogen-bond acceptors (Lipinski definition) is 7. The maximum Gasteiger partial charge on any atom is 0.264 e. The summed E-state index contributed by atoms with van der Waals surface area (Å²) < 4.78 is 67.6. The quantitative estimate of drug-likeness (QED) is 0.218. The standard InChI is InChI=1S/C31H33N3O7S2/c1-5-41-26-13-17-28(18-14-26)43(38,39)34(25-11-6-22(2)7-12-25)21-31(35)32-24-9-15-27(16-10-24)42(36,37)33-29-20-23(3)8-19-30(29)40-4/h6-20,33H,5,21H2,1-4H3,(H,32,35). The summed E-state index contributed by atoms with van der Waals surface area (Å²) in [5, 5.41) is 2.66. The van der Waals surface area contributed by atoms with Crippen LogP contribution < -0.4 is 23.8 Å². The Morgan fingerprint density at radius 1 is 0.791 bits per heavy atom. The fourth-order valence-electron chi connectivity index (χ4n) is 4.18. The van der Waals surface area contributed by atoms with Gasteiger partial charge in [-0.1, -0.05) is 23.8 Å². The van der Waals surface area contributed by atoms with E-state index >= 15 is 0 Å². The van der Waals surface area contributed by atoms with Crippen LogP contribution in [-0.4, -0.2) is 43.0 Å². The molecule has 0 heterocycles. The van der Waals surface area contributed by atoms with E-state index in [0.29, 0.717) is 35.2 Å². The minimum atomic E-state index is -4.13. The molecule has 0 aliphatic carbocycles. The smallest absolute Gasteiger partial charge is 0.264 e. The lowest BCUT2D eigenvalue weighted by atomic mass is 10.2. The molecule has 4 aromatic rings. The predicted octanol–water partition coefficient (Wildman–Crippen LogP) is 5.35. The second-order valence-corrected chi connectivity index (χ2v) is 13.2. The zero-order valence-corrected chi connectivity index (χ0v) is 25.8. The van der Waals surface area contributed by atoms with E-state index in [2.05, 4.69) is 10.0 Å². The predicted molar refractivity (Wildman–Crippen MR) is 167 cm³/mol. The Labute approximate surface area is 252 Å². The molecule has 2 N–H and O–H groups in total. The normalized spacial score (nSPS) is 11.4. The van der Waals surface area contributed by atoms with E-state index < -0.39 is 32.5 Å². The molecule has 0 aliphatic rings. The van der Waals surface area contributed by atoms with Gasteiger partial charge in [0, 0.05) is 5.69 Å². The molecule has 0 saturated carbocycles. The van der Waals surface area contributed by atoms with Crippen molar-refractivity contribution in [3.8, 4) is 11.5 Å². The zero-order chi connectivity index (χ0) is 31.2. The highest BCUT2D eigenvalue weighted by atomic mass is 32.2. The van der Waals surface area contributed by atoms with Gasteiger partial charge >= 0.3 is 0 Å². The van der Waals surface area contributed by atoms with Gasteiger partial charge in [0.05, 0.1) is 34.9 Å². The second-order valence-electron chi connectivity index (χ2n) is 9.63. The molecule has 4 aromatic carbocycles. The van der Waals surface area contributed by atoms with Crippen molar-refractivity contribution in [1.29, 1.82) is 0 Å². The average molecular weight is 624 g/mol. The maximum atomic E-state index is 13.7. The summed E-state index contributed by atoms with van der Waals surface area (Å²) in [5.41, 5.74) is 2.68. The Kier molecular flexibility index (Phi) is 9.62. The molecule has 12 heteroatoms. The number of aryl methyl sites for hydroxylation is 2. The Bertz CT molecular complexity index is 1790. The van der Waals surface area contributed by atoms with Crippen molar-refractivity contribution in [2.24, 2.45) is 0 Å². The van der Waals surface area contributed by atoms with Crippen LogP contribution in [0.15, 0.2) is 101 Å². The summed E-state index contributed by atoms with van der Waals surface area (Å²) in [4.78, 5) is 13.1. The molecule has 1 amide bonds. The molecule has 10 nitrogen and oxygen atoms in total. The maximum absolute atomic E-state index is 13.7. The van der Waals surface area contributed by atoms with Crippen LogP contribution in [0.25, 0.3) is 0 Å². The van der Waals surface area contributed by atoms with Gasteiger partial charge in [-0.05, 0) is 99.1 Å². The van der Waals surface area contributed by atoms with Gasteiger partial charge in [-0.3, -0.25) is 13.8 Å². The SMILES string of the molecule is CCOc1ccc(S(=O)(=O)N(CC(=O)Nc2ccc(S(=O)(=O)Nc3cc(C)ccc3OC)cc2)c2ccc(C)cc2)cc1. The van der Waals surface area contributed by atoms with Crippen LogP contribution >= 0.6 is 0 Å². The minimum Gasteiger partial charge on any atom is -0.495 e. The third kappa shape index (κ3) is 7.65. The molecule has 0 fully saturated rings. The van der Waals surface area contributed by atoms with Crippen LogP contribution in [0.5, 0.6) is 11.5 Å². The van der Waals surface area contributed by atoms with Gasteiger partial charge in [0.1, 0.15) is 18.0 Å². The molecule has 0 aromatic heterocycles. The summed E-state index contributed by atoms with van der Waals surface area (Å²) in [7, 11) is -6.65. The summed E-state index contributed by atoms with van der Waals surface area (Å²) in [6.45, 7) is 5.45. The van der Waals surface area contributed by atoms with Crippen molar-refractivity contribution in [3.05, 3.63) is 102 Å². The van der Waals surface area contributed by atoms with E-state index in [1.807, 2.05) is 20.8 Å². The lowest BCUT2D eigenvalue weighted by molar-refractivity contribution is -0.114. The number of sulfonamides is 2. The number of anilines is 3. The number of amides is 1. The Morgan fingerprint density at radius 3 is 2.00 bits per heavy atom. The van der Waals surface area contributed by atoms with Crippen LogP contribution in [0.1, 0.15) is 18.1 Å². The molecular weight excluding hydrogens is 590 g/mol. The molecule has 4 rings (SSSR count). The van der Waals surface area contributed by atoms with Gasteiger partial charge < -0.3 is 14.8 Å². The topological polar surface area (TPSA) is 131 Å². The first-order chi connectivity index (χ1) is 20.4. The van der Waals surface area contributed by atoms with Crippen LogP contribution in [0.2, 0.25) is 0 Å². The number of nitrogens with zero attached hydrogens (tertiary/aromatic N) is 1. The van der Waals surface area contributed by atoms with Crippen LogP contribution in [0.3, 0.4) is 0 Å². The fourth-order valence-corrected chi connectivity index (χ4v) is 6.66. The molecule has 0 unspecified atom stereocenters. The van der Waals surface area contributed by atoms with Crippen LogP contribution in [-0.2, 0) is 24.8 Å². The van der Waals surface area contributed by atoms with Crippen molar-refractivity contribution in [2.45, 2.75) is 30.6 Å². The Balaban J connectivity index is 1.53. The molecule has 226 valence electrons. The molecule has 0 bridgehead atoms.